The molecule has 0 atom stereocenters. The maximum absolute atomic E-state index is 13.1. The second kappa shape index (κ2) is 3.97. The number of hydrogen-bond acceptors (Lipinski definition) is 2. The third-order valence-corrected chi connectivity index (χ3v) is 2.73. The fraction of sp³-hybridized carbons (Fsp3) is 0. The van der Waals surface area contributed by atoms with Crippen molar-refractivity contribution in [2.45, 2.75) is 0 Å². The standard InChI is InChI=1S/C14H8FN3/c15-11-5-6-12-13(7-11)18-14(17-12)10-3-1-9(8-16)2-4-10/h1-7H,(H,17,18). The van der Waals surface area contributed by atoms with E-state index >= 15 is 0 Å². The number of aromatic amines is 1. The molecule has 0 unspecified atom stereocenters. The zero-order valence-corrected chi connectivity index (χ0v) is 9.31. The molecule has 0 fully saturated rings. The molecule has 0 aliphatic carbocycles. The molecule has 0 amide bonds. The summed E-state index contributed by atoms with van der Waals surface area (Å²) in [7, 11) is 0. The highest BCUT2D eigenvalue weighted by Crippen LogP contribution is 2.21. The number of aromatic nitrogens is 2. The van der Waals surface area contributed by atoms with Gasteiger partial charge in [-0.25, -0.2) is 9.37 Å². The van der Waals surface area contributed by atoms with Crippen LogP contribution in [-0.2, 0) is 0 Å². The third kappa shape index (κ3) is 1.72. The number of benzene rings is 2. The summed E-state index contributed by atoms with van der Waals surface area (Å²) in [4.78, 5) is 7.43. The Bertz CT molecular complexity index is 751. The van der Waals surface area contributed by atoms with E-state index in [1.54, 1.807) is 18.2 Å². The number of fused-ring (bicyclic) bond motifs is 1. The van der Waals surface area contributed by atoms with Gasteiger partial charge >= 0.3 is 0 Å². The quantitative estimate of drug-likeness (QED) is 0.706. The summed E-state index contributed by atoms with van der Waals surface area (Å²) in [6.07, 6.45) is 0. The minimum Gasteiger partial charge on any atom is -0.338 e. The molecular weight excluding hydrogens is 229 g/mol. The molecule has 1 aromatic heterocycles. The van der Waals surface area contributed by atoms with E-state index in [-0.39, 0.29) is 5.82 Å². The highest BCUT2D eigenvalue weighted by atomic mass is 19.1. The van der Waals surface area contributed by atoms with Crippen LogP contribution in [0.15, 0.2) is 42.5 Å². The molecule has 0 radical (unpaired) electrons. The van der Waals surface area contributed by atoms with Gasteiger partial charge in [-0.3, -0.25) is 0 Å². The average molecular weight is 237 g/mol. The van der Waals surface area contributed by atoms with Crippen LogP contribution in [-0.4, -0.2) is 9.97 Å². The minimum atomic E-state index is -0.294. The Hall–Kier alpha value is -2.67. The molecule has 0 saturated heterocycles. The summed E-state index contributed by atoms with van der Waals surface area (Å²) in [5.41, 5.74) is 2.84. The second-order valence-corrected chi connectivity index (χ2v) is 3.94. The van der Waals surface area contributed by atoms with E-state index < -0.39 is 0 Å². The van der Waals surface area contributed by atoms with E-state index in [1.165, 1.54) is 12.1 Å². The van der Waals surface area contributed by atoms with Gasteiger partial charge in [-0.05, 0) is 42.5 Å². The molecule has 2 aromatic carbocycles. The first-order valence-electron chi connectivity index (χ1n) is 5.42. The van der Waals surface area contributed by atoms with Crippen molar-refractivity contribution < 1.29 is 4.39 Å². The van der Waals surface area contributed by atoms with Crippen molar-refractivity contribution in [1.29, 1.82) is 5.26 Å². The van der Waals surface area contributed by atoms with Gasteiger partial charge in [-0.1, -0.05) is 0 Å². The van der Waals surface area contributed by atoms with E-state index in [0.717, 1.165) is 11.1 Å². The smallest absolute Gasteiger partial charge is 0.138 e. The molecule has 0 aliphatic rings. The van der Waals surface area contributed by atoms with Gasteiger partial charge in [-0.2, -0.15) is 5.26 Å². The summed E-state index contributed by atoms with van der Waals surface area (Å²) in [5.74, 6) is 0.373. The van der Waals surface area contributed by atoms with E-state index in [9.17, 15) is 4.39 Å². The highest BCUT2D eigenvalue weighted by Gasteiger charge is 2.05. The van der Waals surface area contributed by atoms with E-state index in [0.29, 0.717) is 16.9 Å². The zero-order valence-electron chi connectivity index (χ0n) is 9.31. The lowest BCUT2D eigenvalue weighted by Gasteiger charge is -1.95. The number of nitriles is 1. The Morgan fingerprint density at radius 3 is 2.61 bits per heavy atom. The predicted octanol–water partition coefficient (Wildman–Crippen LogP) is 3.24. The Kier molecular flexibility index (Phi) is 2.31. The number of rotatable bonds is 1. The third-order valence-electron chi connectivity index (χ3n) is 2.73. The van der Waals surface area contributed by atoms with Crippen LogP contribution in [0, 0.1) is 17.1 Å². The van der Waals surface area contributed by atoms with Crippen molar-refractivity contribution >= 4 is 11.0 Å². The van der Waals surface area contributed by atoms with Gasteiger partial charge in [0.05, 0.1) is 22.7 Å². The molecular formula is C14H8FN3. The summed E-state index contributed by atoms with van der Waals surface area (Å²) in [6.45, 7) is 0. The van der Waals surface area contributed by atoms with Crippen molar-refractivity contribution in [3.63, 3.8) is 0 Å². The van der Waals surface area contributed by atoms with Gasteiger partial charge in [0.25, 0.3) is 0 Å². The fourth-order valence-electron chi connectivity index (χ4n) is 1.82. The molecule has 0 aliphatic heterocycles. The molecule has 0 bridgehead atoms. The van der Waals surface area contributed by atoms with Crippen LogP contribution in [0.1, 0.15) is 5.56 Å². The van der Waals surface area contributed by atoms with Crippen LogP contribution < -0.4 is 0 Å². The monoisotopic (exact) mass is 237 g/mol. The maximum Gasteiger partial charge on any atom is 0.138 e. The Morgan fingerprint density at radius 2 is 1.89 bits per heavy atom. The summed E-state index contributed by atoms with van der Waals surface area (Å²) in [5, 5.41) is 8.73. The van der Waals surface area contributed by atoms with Gasteiger partial charge < -0.3 is 4.98 Å². The predicted molar refractivity (Wildman–Crippen MR) is 66.2 cm³/mol. The fourth-order valence-corrected chi connectivity index (χ4v) is 1.82. The van der Waals surface area contributed by atoms with Crippen molar-refractivity contribution in [3.8, 4) is 17.5 Å². The van der Waals surface area contributed by atoms with Crippen LogP contribution in [0.5, 0.6) is 0 Å². The van der Waals surface area contributed by atoms with Gasteiger partial charge in [0.15, 0.2) is 0 Å². The van der Waals surface area contributed by atoms with Gasteiger partial charge in [0.1, 0.15) is 11.6 Å². The largest absolute Gasteiger partial charge is 0.338 e. The summed E-state index contributed by atoms with van der Waals surface area (Å²) < 4.78 is 13.1. The minimum absolute atomic E-state index is 0.294. The lowest BCUT2D eigenvalue weighted by molar-refractivity contribution is 0.629. The molecule has 3 nitrogen and oxygen atoms in total. The molecule has 4 heteroatoms. The van der Waals surface area contributed by atoms with E-state index in [2.05, 4.69) is 16.0 Å². The number of hydrogen-bond donors (Lipinski definition) is 1. The average Bonchev–Trinajstić information content (AvgIpc) is 2.81. The molecule has 3 aromatic rings. The molecule has 18 heavy (non-hydrogen) atoms. The lowest BCUT2D eigenvalue weighted by atomic mass is 10.1. The molecule has 1 heterocycles. The molecule has 3 rings (SSSR count). The van der Waals surface area contributed by atoms with Crippen LogP contribution in [0.2, 0.25) is 0 Å². The van der Waals surface area contributed by atoms with Crippen molar-refractivity contribution in [2.75, 3.05) is 0 Å². The number of nitrogens with one attached hydrogen (secondary N) is 1. The van der Waals surface area contributed by atoms with Crippen molar-refractivity contribution in [1.82, 2.24) is 9.97 Å². The Labute approximate surface area is 103 Å². The lowest BCUT2D eigenvalue weighted by Crippen LogP contribution is -1.80. The van der Waals surface area contributed by atoms with Gasteiger partial charge in [0.2, 0.25) is 0 Å². The number of halogens is 1. The first-order chi connectivity index (χ1) is 8.76. The number of nitrogens with zero attached hydrogens (tertiary/aromatic N) is 2. The molecule has 86 valence electrons. The zero-order chi connectivity index (χ0) is 12.5. The normalized spacial score (nSPS) is 10.4. The molecule has 1 N–H and O–H groups in total. The van der Waals surface area contributed by atoms with Crippen LogP contribution in [0.4, 0.5) is 4.39 Å². The highest BCUT2D eigenvalue weighted by molar-refractivity contribution is 5.79. The first kappa shape index (κ1) is 10.5. The first-order valence-corrected chi connectivity index (χ1v) is 5.42. The topological polar surface area (TPSA) is 52.5 Å². The van der Waals surface area contributed by atoms with Gasteiger partial charge in [0, 0.05) is 5.56 Å². The second-order valence-electron chi connectivity index (χ2n) is 3.94. The Balaban J connectivity index is 2.10. The van der Waals surface area contributed by atoms with E-state index in [4.69, 9.17) is 5.26 Å². The SMILES string of the molecule is N#Cc1ccc(-c2nc3ccc(F)cc3[nH]2)cc1. The van der Waals surface area contributed by atoms with Crippen LogP contribution in [0.25, 0.3) is 22.4 Å². The molecule has 0 saturated carbocycles. The number of H-pyrrole nitrogens is 1. The summed E-state index contributed by atoms with van der Waals surface area (Å²) >= 11 is 0. The van der Waals surface area contributed by atoms with Crippen molar-refractivity contribution in [2.24, 2.45) is 0 Å². The van der Waals surface area contributed by atoms with Crippen molar-refractivity contribution in [3.05, 3.63) is 53.8 Å². The summed E-state index contributed by atoms with van der Waals surface area (Å²) in [6, 6.07) is 13.6. The van der Waals surface area contributed by atoms with Crippen LogP contribution in [0.3, 0.4) is 0 Å². The van der Waals surface area contributed by atoms with Crippen LogP contribution >= 0.6 is 0 Å². The molecule has 0 spiro atoms. The number of imidazole rings is 1. The van der Waals surface area contributed by atoms with Gasteiger partial charge in [-0.15, -0.1) is 0 Å². The maximum atomic E-state index is 13.1. The Morgan fingerprint density at radius 1 is 1.11 bits per heavy atom. The van der Waals surface area contributed by atoms with E-state index in [1.807, 2.05) is 12.1 Å².